The smallest absolute Gasteiger partial charge is 0.274 e. The average molecular weight is 650 g/mol. The van der Waals surface area contributed by atoms with Gasteiger partial charge < -0.3 is 30.2 Å². The highest BCUT2D eigenvalue weighted by atomic mass is 16.5. The maximum absolute atomic E-state index is 13.2. The van der Waals surface area contributed by atoms with Crippen molar-refractivity contribution < 1.29 is 14.3 Å². The van der Waals surface area contributed by atoms with Gasteiger partial charge in [-0.25, -0.2) is 9.97 Å². The highest BCUT2D eigenvalue weighted by Crippen LogP contribution is 2.37. The number of amides is 2. The van der Waals surface area contributed by atoms with E-state index in [4.69, 9.17) is 4.74 Å². The molecule has 2 bridgehead atoms. The Hall–Kier alpha value is -4.65. The fraction of sp³-hybridized carbons (Fsp3) is 0.417. The van der Waals surface area contributed by atoms with Crippen molar-refractivity contribution in [3.05, 3.63) is 78.4 Å². The molecule has 3 N–H and O–H groups in total. The number of morpholine rings is 1. The zero-order valence-electron chi connectivity index (χ0n) is 27.6. The molecular formula is C36H43N9O3. The molecule has 3 atom stereocenters. The van der Waals surface area contributed by atoms with Crippen molar-refractivity contribution in [2.24, 2.45) is 0 Å². The Morgan fingerprint density at radius 1 is 1.04 bits per heavy atom. The summed E-state index contributed by atoms with van der Waals surface area (Å²) in [6.45, 7) is 8.29. The van der Waals surface area contributed by atoms with Gasteiger partial charge in [0, 0.05) is 48.8 Å². The lowest BCUT2D eigenvalue weighted by Crippen LogP contribution is -2.48. The zero-order chi connectivity index (χ0) is 33.2. The summed E-state index contributed by atoms with van der Waals surface area (Å²) in [6.07, 6.45) is 7.47. The third-order valence-corrected chi connectivity index (χ3v) is 9.48. The van der Waals surface area contributed by atoms with E-state index in [-0.39, 0.29) is 17.9 Å². The Bertz CT molecular complexity index is 1790. The number of fused-ring (bicyclic) bond motifs is 3. The molecule has 3 aliphatic heterocycles. The summed E-state index contributed by atoms with van der Waals surface area (Å²) in [4.78, 5) is 49.4. The number of aromatic nitrogens is 4. The first kappa shape index (κ1) is 31.9. The minimum atomic E-state index is -0.265. The summed E-state index contributed by atoms with van der Waals surface area (Å²) in [7, 11) is 3.85. The summed E-state index contributed by atoms with van der Waals surface area (Å²) < 4.78 is 5.78. The first-order chi connectivity index (χ1) is 23.3. The van der Waals surface area contributed by atoms with Crippen molar-refractivity contribution in [3.63, 3.8) is 0 Å². The van der Waals surface area contributed by atoms with Crippen molar-refractivity contribution >= 4 is 34.4 Å². The highest BCUT2D eigenvalue weighted by Gasteiger charge is 2.39. The largest absolute Gasteiger partial charge is 0.377 e. The number of likely N-dealkylation sites (tertiary alicyclic amines) is 1. The van der Waals surface area contributed by atoms with Gasteiger partial charge in [-0.1, -0.05) is 18.7 Å². The molecule has 4 aromatic rings. The molecule has 250 valence electrons. The van der Waals surface area contributed by atoms with E-state index in [0.29, 0.717) is 42.1 Å². The Balaban J connectivity index is 0.972. The quantitative estimate of drug-likeness (QED) is 0.219. The number of carbonyl (C=O) groups excluding carboxylic acids is 2. The molecule has 1 aromatic carbocycles. The van der Waals surface area contributed by atoms with Crippen LogP contribution in [0, 0.1) is 0 Å². The van der Waals surface area contributed by atoms with Gasteiger partial charge in [0.05, 0.1) is 30.7 Å². The number of hydrogen-bond acceptors (Lipinski definition) is 9. The second-order valence-corrected chi connectivity index (χ2v) is 13.4. The number of aromatic amines is 1. The van der Waals surface area contributed by atoms with E-state index in [2.05, 4.69) is 53.0 Å². The van der Waals surface area contributed by atoms with E-state index in [0.717, 1.165) is 85.7 Å². The molecule has 48 heavy (non-hydrogen) atoms. The third-order valence-electron chi connectivity index (χ3n) is 9.48. The molecule has 3 saturated heterocycles. The molecule has 0 spiro atoms. The number of piperidine rings is 1. The van der Waals surface area contributed by atoms with Gasteiger partial charge >= 0.3 is 0 Å². The van der Waals surface area contributed by atoms with Gasteiger partial charge in [0.2, 0.25) is 5.91 Å². The average Bonchev–Trinajstić information content (AvgIpc) is 3.62. The minimum Gasteiger partial charge on any atom is -0.377 e. The molecule has 12 heteroatoms. The molecule has 0 aliphatic carbocycles. The van der Waals surface area contributed by atoms with E-state index >= 15 is 0 Å². The van der Waals surface area contributed by atoms with E-state index in [9.17, 15) is 9.59 Å². The molecule has 0 radical (unpaired) electrons. The number of rotatable bonds is 10. The number of likely N-dealkylation sites (N-methyl/N-ethyl adjacent to an activating group) is 1. The first-order valence-corrected chi connectivity index (χ1v) is 16.7. The van der Waals surface area contributed by atoms with Crippen molar-refractivity contribution in [2.75, 3.05) is 57.2 Å². The van der Waals surface area contributed by atoms with Gasteiger partial charge in [-0.05, 0) is 87.8 Å². The Kier molecular flexibility index (Phi) is 9.20. The number of nitrogens with one attached hydrogen (secondary N) is 3. The van der Waals surface area contributed by atoms with Crippen LogP contribution in [0.2, 0.25) is 0 Å². The summed E-state index contributed by atoms with van der Waals surface area (Å²) in [5, 5.41) is 7.14. The second kappa shape index (κ2) is 13.8. The number of pyridine rings is 1. The van der Waals surface area contributed by atoms with Crippen molar-refractivity contribution in [1.29, 1.82) is 0 Å². The second-order valence-electron chi connectivity index (χ2n) is 13.4. The van der Waals surface area contributed by atoms with Gasteiger partial charge in [-0.3, -0.25) is 19.5 Å². The number of carbonyl (C=O) groups is 2. The topological polar surface area (TPSA) is 132 Å². The van der Waals surface area contributed by atoms with Crippen LogP contribution in [0.3, 0.4) is 0 Å². The van der Waals surface area contributed by atoms with Gasteiger partial charge in [0.25, 0.3) is 5.91 Å². The molecule has 0 saturated carbocycles. The number of nitrogens with zero attached hydrogens (tertiary/aromatic N) is 6. The predicted molar refractivity (Wildman–Crippen MR) is 186 cm³/mol. The van der Waals surface area contributed by atoms with Crippen LogP contribution in [0.15, 0.2) is 67.1 Å². The maximum Gasteiger partial charge on any atom is 0.274 e. The van der Waals surface area contributed by atoms with Gasteiger partial charge in [-0.2, -0.15) is 0 Å². The lowest BCUT2D eigenvalue weighted by Gasteiger charge is -2.35. The molecule has 2 amide bonds. The summed E-state index contributed by atoms with van der Waals surface area (Å²) >= 11 is 0. The van der Waals surface area contributed by atoms with Crippen LogP contribution in [-0.4, -0.2) is 107 Å². The molecular weight excluding hydrogens is 606 g/mol. The predicted octanol–water partition coefficient (Wildman–Crippen LogP) is 3.84. The van der Waals surface area contributed by atoms with Crippen LogP contribution in [-0.2, 0) is 16.1 Å². The fourth-order valence-electron chi connectivity index (χ4n) is 7.20. The molecule has 7 rings (SSSR count). The van der Waals surface area contributed by atoms with Gasteiger partial charge in [0.1, 0.15) is 23.5 Å². The molecule has 3 aliphatic rings. The van der Waals surface area contributed by atoms with Crippen LogP contribution in [0.1, 0.15) is 41.7 Å². The van der Waals surface area contributed by atoms with Gasteiger partial charge in [0.15, 0.2) is 0 Å². The van der Waals surface area contributed by atoms with Crippen LogP contribution in [0.4, 0.5) is 11.5 Å². The van der Waals surface area contributed by atoms with E-state index in [1.54, 1.807) is 12.5 Å². The minimum absolute atomic E-state index is 0.0666. The van der Waals surface area contributed by atoms with E-state index in [1.807, 2.05) is 55.4 Å². The summed E-state index contributed by atoms with van der Waals surface area (Å²) in [5.41, 5.74) is 5.34. The molecule has 0 unspecified atom stereocenters. The number of hydrogen-bond donors (Lipinski definition) is 3. The first-order valence-electron chi connectivity index (χ1n) is 16.7. The van der Waals surface area contributed by atoms with Gasteiger partial charge in [-0.15, -0.1) is 0 Å². The highest BCUT2D eigenvalue weighted by molar-refractivity contribution is 6.03. The maximum atomic E-state index is 13.2. The Morgan fingerprint density at radius 2 is 1.83 bits per heavy atom. The normalized spacial score (nSPS) is 21.1. The van der Waals surface area contributed by atoms with Crippen molar-refractivity contribution in [2.45, 2.75) is 50.4 Å². The monoisotopic (exact) mass is 649 g/mol. The van der Waals surface area contributed by atoms with Crippen LogP contribution in [0.5, 0.6) is 0 Å². The SMILES string of the molecule is C=C(CN(C)C)C(=O)N[C@@H]1CCCN(Cc2ccnc(C(=O)Nc3ccc(-c4cc5c(N6[C@@H]7CC[C@H]6COC7)ncnc5[nH]4)cc3)c2)C1. The molecule has 3 fully saturated rings. The lowest BCUT2D eigenvalue weighted by molar-refractivity contribution is -0.118. The lowest BCUT2D eigenvalue weighted by atomic mass is 10.0. The number of ether oxygens (including phenoxy) is 1. The Labute approximate surface area is 280 Å². The number of benzene rings is 1. The molecule has 12 nitrogen and oxygen atoms in total. The number of anilines is 2. The molecule has 3 aromatic heterocycles. The van der Waals surface area contributed by atoms with Crippen LogP contribution < -0.4 is 15.5 Å². The van der Waals surface area contributed by atoms with Crippen LogP contribution >= 0.6 is 0 Å². The third kappa shape index (κ3) is 6.96. The summed E-state index contributed by atoms with van der Waals surface area (Å²) in [6, 6.07) is 14.4. The molecule has 6 heterocycles. The number of H-pyrrole nitrogens is 1. The van der Waals surface area contributed by atoms with Crippen molar-refractivity contribution in [1.82, 2.24) is 35.1 Å². The summed E-state index contributed by atoms with van der Waals surface area (Å²) in [5.74, 6) is 0.607. The van der Waals surface area contributed by atoms with Crippen molar-refractivity contribution in [3.8, 4) is 11.3 Å². The zero-order valence-corrected chi connectivity index (χ0v) is 27.6. The van der Waals surface area contributed by atoms with E-state index < -0.39 is 0 Å². The fourth-order valence-corrected chi connectivity index (χ4v) is 7.20. The standard InChI is InChI=1S/C36H43N9O3/c1-23(17-43(2)3)35(46)41-27-5-4-14-44(19-27)18-24-12-13-37-32(15-24)36(47)40-26-8-6-25(7-9-26)31-16-30-33(42-31)38-22-39-34(30)45-28-10-11-29(45)21-48-20-28/h6-9,12-13,15-16,22,27-29H,1,4-5,10-11,14,17-21H2,2-3H3,(H,40,47)(H,41,46)(H,38,39,42)/t27-,28-,29+/m1/s1. The van der Waals surface area contributed by atoms with E-state index in [1.165, 1.54) is 0 Å². The van der Waals surface area contributed by atoms with Crippen LogP contribution in [0.25, 0.3) is 22.3 Å². The Morgan fingerprint density at radius 3 is 2.60 bits per heavy atom.